The minimum atomic E-state index is -0.517. The highest BCUT2D eigenvalue weighted by molar-refractivity contribution is 5.90. The van der Waals surface area contributed by atoms with Gasteiger partial charge in [-0.3, -0.25) is 0 Å². The average molecular weight is 347 g/mol. The lowest BCUT2D eigenvalue weighted by molar-refractivity contribution is -0.392. The highest BCUT2D eigenvalue weighted by atomic mass is 16.6. The Morgan fingerprint density at radius 2 is 2.16 bits per heavy atom. The summed E-state index contributed by atoms with van der Waals surface area (Å²) >= 11 is 0. The highest BCUT2D eigenvalue weighted by Gasteiger charge is 2.27. The zero-order chi connectivity index (χ0) is 18.1. The van der Waals surface area contributed by atoms with E-state index in [9.17, 15) is 14.9 Å². The van der Waals surface area contributed by atoms with E-state index in [-0.39, 0.29) is 25.5 Å². The van der Waals surface area contributed by atoms with Gasteiger partial charge in [0.1, 0.15) is 25.7 Å². The Kier molecular flexibility index (Phi) is 4.21. The predicted molar refractivity (Wildman–Crippen MR) is 85.7 cm³/mol. The standard InChI is InChI=1S/C14H17N7O4/c1-9-11(7-20-14(18(9)3)16-8-17-20)13(22)25-5-4-19-10(2)15-6-12(19)21(23)24/h6,8H,4-5,7H2,1-3H3. The Hall–Kier alpha value is -3.24. The maximum Gasteiger partial charge on any atom is 0.342 e. The molecule has 0 atom stereocenters. The van der Waals surface area contributed by atoms with Crippen LogP contribution in [-0.4, -0.2) is 48.9 Å². The van der Waals surface area contributed by atoms with E-state index in [1.807, 2.05) is 0 Å². The van der Waals surface area contributed by atoms with E-state index in [0.717, 1.165) is 5.70 Å². The van der Waals surface area contributed by atoms with Gasteiger partial charge in [-0.2, -0.15) is 10.1 Å². The fourth-order valence-corrected chi connectivity index (χ4v) is 2.65. The molecule has 0 radical (unpaired) electrons. The molecular formula is C14H17N7O4. The van der Waals surface area contributed by atoms with Crippen LogP contribution in [0.2, 0.25) is 0 Å². The summed E-state index contributed by atoms with van der Waals surface area (Å²) in [5.74, 6) is 0.529. The molecular weight excluding hydrogens is 330 g/mol. The molecule has 11 nitrogen and oxygen atoms in total. The number of allylic oxidation sites excluding steroid dienone is 1. The summed E-state index contributed by atoms with van der Waals surface area (Å²) in [6, 6.07) is 0. The molecule has 0 unspecified atom stereocenters. The summed E-state index contributed by atoms with van der Waals surface area (Å²) in [7, 11) is 1.79. The highest BCUT2D eigenvalue weighted by Crippen LogP contribution is 2.24. The summed E-state index contributed by atoms with van der Waals surface area (Å²) in [6.07, 6.45) is 2.61. The number of hydrogen-bond acceptors (Lipinski definition) is 8. The third kappa shape index (κ3) is 2.95. The fraction of sp³-hybridized carbons (Fsp3) is 0.429. The molecule has 0 N–H and O–H groups in total. The molecule has 1 aliphatic rings. The number of carbonyl (C=O) groups is 1. The van der Waals surface area contributed by atoms with Gasteiger partial charge in [0.15, 0.2) is 5.82 Å². The number of imidazole rings is 1. The minimum absolute atomic E-state index is 0.00157. The van der Waals surface area contributed by atoms with E-state index in [4.69, 9.17) is 4.74 Å². The third-order valence-corrected chi connectivity index (χ3v) is 4.16. The van der Waals surface area contributed by atoms with Crippen LogP contribution >= 0.6 is 0 Å². The lowest BCUT2D eigenvalue weighted by atomic mass is 10.2. The summed E-state index contributed by atoms with van der Waals surface area (Å²) in [4.78, 5) is 32.6. The van der Waals surface area contributed by atoms with Crippen molar-refractivity contribution in [1.82, 2.24) is 24.3 Å². The second kappa shape index (κ2) is 6.34. The number of aromatic nitrogens is 5. The number of ether oxygens (including phenoxy) is 1. The smallest absolute Gasteiger partial charge is 0.342 e. The van der Waals surface area contributed by atoms with Crippen molar-refractivity contribution in [3.63, 3.8) is 0 Å². The quantitative estimate of drug-likeness (QED) is 0.439. The number of nitro groups is 1. The zero-order valence-corrected chi connectivity index (χ0v) is 14.0. The van der Waals surface area contributed by atoms with Crippen LogP contribution in [0.25, 0.3) is 0 Å². The first kappa shape index (κ1) is 16.6. The molecule has 2 aromatic heterocycles. The summed E-state index contributed by atoms with van der Waals surface area (Å²) in [5.41, 5.74) is 1.20. The van der Waals surface area contributed by atoms with Gasteiger partial charge in [0.25, 0.3) is 0 Å². The van der Waals surface area contributed by atoms with Crippen LogP contribution in [0.4, 0.5) is 11.8 Å². The van der Waals surface area contributed by atoms with Gasteiger partial charge < -0.3 is 19.8 Å². The number of nitrogens with zero attached hydrogens (tertiary/aromatic N) is 7. The molecule has 132 valence electrons. The Labute approximate surface area is 142 Å². The van der Waals surface area contributed by atoms with Gasteiger partial charge in [-0.05, 0) is 11.8 Å². The van der Waals surface area contributed by atoms with Crippen LogP contribution in [0.3, 0.4) is 0 Å². The molecule has 0 spiro atoms. The van der Waals surface area contributed by atoms with Crippen LogP contribution in [0.1, 0.15) is 12.7 Å². The molecule has 3 heterocycles. The van der Waals surface area contributed by atoms with E-state index in [2.05, 4.69) is 15.1 Å². The van der Waals surface area contributed by atoms with Crippen LogP contribution in [-0.2, 0) is 22.6 Å². The van der Waals surface area contributed by atoms with Crippen molar-refractivity contribution in [2.45, 2.75) is 26.9 Å². The number of anilines is 1. The van der Waals surface area contributed by atoms with E-state index in [1.54, 1.807) is 30.5 Å². The zero-order valence-electron chi connectivity index (χ0n) is 14.0. The molecule has 11 heteroatoms. The van der Waals surface area contributed by atoms with Gasteiger partial charge in [0.2, 0.25) is 5.95 Å². The largest absolute Gasteiger partial charge is 0.458 e. The summed E-state index contributed by atoms with van der Waals surface area (Å²) < 4.78 is 8.30. The van der Waals surface area contributed by atoms with Gasteiger partial charge >= 0.3 is 11.8 Å². The van der Waals surface area contributed by atoms with E-state index >= 15 is 0 Å². The third-order valence-electron chi connectivity index (χ3n) is 4.16. The van der Waals surface area contributed by atoms with Crippen molar-refractivity contribution in [1.29, 1.82) is 0 Å². The maximum atomic E-state index is 12.4. The van der Waals surface area contributed by atoms with Crippen molar-refractivity contribution < 1.29 is 14.5 Å². The van der Waals surface area contributed by atoms with E-state index in [1.165, 1.54) is 17.1 Å². The maximum absolute atomic E-state index is 12.4. The predicted octanol–water partition coefficient (Wildman–Crippen LogP) is 0.658. The van der Waals surface area contributed by atoms with E-state index in [0.29, 0.717) is 17.3 Å². The average Bonchev–Trinajstić information content (AvgIpc) is 3.18. The SMILES string of the molecule is CC1=C(C(=O)OCCn2c([N+](=O)[O-])cnc2C)Cn2ncnc2N1C. The molecule has 0 amide bonds. The molecule has 0 saturated carbocycles. The molecule has 0 fully saturated rings. The van der Waals surface area contributed by atoms with Crippen molar-refractivity contribution >= 4 is 17.7 Å². The molecule has 0 aliphatic carbocycles. The van der Waals surface area contributed by atoms with Crippen molar-refractivity contribution in [2.75, 3.05) is 18.6 Å². The number of carbonyl (C=O) groups excluding carboxylic acids is 1. The number of aryl methyl sites for hydroxylation is 1. The van der Waals surface area contributed by atoms with Crippen molar-refractivity contribution in [2.24, 2.45) is 0 Å². The number of rotatable bonds is 5. The van der Waals surface area contributed by atoms with Crippen LogP contribution in [0.5, 0.6) is 0 Å². The molecule has 3 rings (SSSR count). The molecule has 1 aliphatic heterocycles. The van der Waals surface area contributed by atoms with Crippen LogP contribution < -0.4 is 4.90 Å². The van der Waals surface area contributed by atoms with Gasteiger partial charge in [0.05, 0.1) is 12.1 Å². The molecule has 0 aromatic carbocycles. The summed E-state index contributed by atoms with van der Waals surface area (Å²) in [5, 5.41) is 15.0. The van der Waals surface area contributed by atoms with Gasteiger partial charge in [-0.15, -0.1) is 0 Å². The second-order valence-electron chi connectivity index (χ2n) is 5.55. The van der Waals surface area contributed by atoms with Gasteiger partial charge in [-0.1, -0.05) is 0 Å². The Balaban J connectivity index is 1.67. The fourth-order valence-electron chi connectivity index (χ4n) is 2.65. The monoisotopic (exact) mass is 347 g/mol. The first-order valence-corrected chi connectivity index (χ1v) is 7.55. The van der Waals surface area contributed by atoms with Crippen molar-refractivity contribution in [3.05, 3.63) is 39.7 Å². The number of hydrogen-bond donors (Lipinski definition) is 0. The molecule has 2 aromatic rings. The first-order valence-electron chi connectivity index (χ1n) is 7.55. The lowest BCUT2D eigenvalue weighted by Gasteiger charge is -2.26. The minimum Gasteiger partial charge on any atom is -0.458 e. The molecule has 0 bridgehead atoms. The summed E-state index contributed by atoms with van der Waals surface area (Å²) in [6.45, 7) is 3.89. The first-order chi connectivity index (χ1) is 11.9. The molecule has 0 saturated heterocycles. The normalized spacial score (nSPS) is 13.8. The van der Waals surface area contributed by atoms with Crippen molar-refractivity contribution in [3.8, 4) is 0 Å². The number of esters is 1. The second-order valence-corrected chi connectivity index (χ2v) is 5.55. The van der Waals surface area contributed by atoms with Gasteiger partial charge in [0, 0.05) is 19.7 Å². The topological polar surface area (TPSA) is 121 Å². The Morgan fingerprint density at radius 1 is 1.40 bits per heavy atom. The lowest BCUT2D eigenvalue weighted by Crippen LogP contribution is -2.31. The van der Waals surface area contributed by atoms with E-state index < -0.39 is 10.9 Å². The van der Waals surface area contributed by atoms with Gasteiger partial charge in [-0.25, -0.2) is 19.0 Å². The van der Waals surface area contributed by atoms with Crippen LogP contribution in [0.15, 0.2) is 23.8 Å². The number of fused-ring (bicyclic) bond motifs is 1. The Morgan fingerprint density at radius 3 is 2.88 bits per heavy atom. The Bertz CT molecular complexity index is 866. The van der Waals surface area contributed by atoms with Crippen LogP contribution in [0, 0.1) is 17.0 Å². The molecule has 25 heavy (non-hydrogen) atoms.